The van der Waals surface area contributed by atoms with E-state index in [2.05, 4.69) is 20.4 Å². The summed E-state index contributed by atoms with van der Waals surface area (Å²) >= 11 is 6.27. The molecule has 1 saturated heterocycles. The summed E-state index contributed by atoms with van der Waals surface area (Å²) in [4.78, 5) is 31.0. The number of benzene rings is 1. The molecule has 33 heavy (non-hydrogen) atoms. The van der Waals surface area contributed by atoms with Crippen molar-refractivity contribution in [2.75, 3.05) is 44.2 Å². The second-order valence-electron chi connectivity index (χ2n) is 8.50. The molecule has 178 valence electrons. The predicted octanol–water partition coefficient (Wildman–Crippen LogP) is 3.67. The van der Waals surface area contributed by atoms with Crippen molar-refractivity contribution in [3.63, 3.8) is 0 Å². The van der Waals surface area contributed by atoms with Crippen LogP contribution in [0.15, 0.2) is 36.4 Å². The Hall–Kier alpha value is -2.87. The number of urea groups is 1. The summed E-state index contributed by atoms with van der Waals surface area (Å²) in [5.41, 5.74) is 1.58. The Morgan fingerprint density at radius 1 is 1.09 bits per heavy atom. The molecule has 0 saturated carbocycles. The first-order valence-corrected chi connectivity index (χ1v) is 11.9. The van der Waals surface area contributed by atoms with Gasteiger partial charge in [-0.3, -0.25) is 4.79 Å². The van der Waals surface area contributed by atoms with Crippen LogP contribution in [0.2, 0.25) is 5.02 Å². The zero-order chi connectivity index (χ0) is 23.8. The molecule has 9 heteroatoms. The van der Waals surface area contributed by atoms with Crippen LogP contribution in [-0.2, 0) is 4.79 Å². The van der Waals surface area contributed by atoms with Gasteiger partial charge in [-0.25, -0.2) is 4.79 Å². The first kappa shape index (κ1) is 24.8. The van der Waals surface area contributed by atoms with Gasteiger partial charge in [-0.05, 0) is 44.9 Å². The van der Waals surface area contributed by atoms with E-state index in [1.165, 1.54) is 0 Å². The predicted molar refractivity (Wildman–Crippen MR) is 131 cm³/mol. The van der Waals surface area contributed by atoms with Crippen molar-refractivity contribution >= 4 is 29.4 Å². The molecule has 1 fully saturated rings. The highest BCUT2D eigenvalue weighted by atomic mass is 35.5. The topological polar surface area (TPSA) is 81.7 Å². The SMILES string of the molecule is CCCN(CC(=O)N1CCCN(c2ccc(-c3ccccc3Cl)nn2)CC1)C(=O)NC(C)C. The Balaban J connectivity index is 1.60. The lowest BCUT2D eigenvalue weighted by molar-refractivity contribution is -0.131. The summed E-state index contributed by atoms with van der Waals surface area (Å²) in [5.74, 6) is 0.758. The highest BCUT2D eigenvalue weighted by molar-refractivity contribution is 6.33. The molecule has 0 radical (unpaired) electrons. The van der Waals surface area contributed by atoms with Crippen LogP contribution in [0.4, 0.5) is 10.6 Å². The zero-order valence-electron chi connectivity index (χ0n) is 19.6. The molecule has 0 aliphatic carbocycles. The van der Waals surface area contributed by atoms with Gasteiger partial charge < -0.3 is 20.0 Å². The maximum Gasteiger partial charge on any atom is 0.318 e. The number of aromatic nitrogens is 2. The normalized spacial score (nSPS) is 14.2. The quantitative estimate of drug-likeness (QED) is 0.665. The number of nitrogens with zero attached hydrogens (tertiary/aromatic N) is 5. The summed E-state index contributed by atoms with van der Waals surface area (Å²) in [7, 11) is 0. The Labute approximate surface area is 200 Å². The lowest BCUT2D eigenvalue weighted by Crippen LogP contribution is -2.49. The molecule has 1 N–H and O–H groups in total. The monoisotopic (exact) mass is 472 g/mol. The number of hydrogen-bond donors (Lipinski definition) is 1. The van der Waals surface area contributed by atoms with E-state index in [1.807, 2.05) is 62.1 Å². The molecule has 3 amide bonds. The minimum Gasteiger partial charge on any atom is -0.353 e. The Bertz CT molecular complexity index is 937. The van der Waals surface area contributed by atoms with Gasteiger partial charge in [0.05, 0.1) is 10.7 Å². The first-order valence-electron chi connectivity index (χ1n) is 11.6. The summed E-state index contributed by atoms with van der Waals surface area (Å²) in [6.45, 7) is 9.17. The van der Waals surface area contributed by atoms with Gasteiger partial charge in [0.1, 0.15) is 6.54 Å². The number of rotatable bonds is 7. The van der Waals surface area contributed by atoms with Crippen molar-refractivity contribution in [2.45, 2.75) is 39.7 Å². The maximum absolute atomic E-state index is 12.9. The van der Waals surface area contributed by atoms with E-state index < -0.39 is 0 Å². The molecule has 1 aliphatic heterocycles. The summed E-state index contributed by atoms with van der Waals surface area (Å²) in [5, 5.41) is 12.3. The van der Waals surface area contributed by atoms with Crippen LogP contribution in [0.25, 0.3) is 11.3 Å². The van der Waals surface area contributed by atoms with Crippen molar-refractivity contribution in [3.05, 3.63) is 41.4 Å². The molecular formula is C24H33ClN6O2. The Kier molecular flexibility index (Phi) is 8.88. The van der Waals surface area contributed by atoms with Crippen molar-refractivity contribution in [1.29, 1.82) is 0 Å². The second-order valence-corrected chi connectivity index (χ2v) is 8.91. The third kappa shape index (κ3) is 6.81. The number of halogens is 1. The van der Waals surface area contributed by atoms with E-state index in [1.54, 1.807) is 4.90 Å². The van der Waals surface area contributed by atoms with Gasteiger partial charge in [0.25, 0.3) is 0 Å². The molecule has 2 aromatic rings. The Morgan fingerprint density at radius 3 is 2.55 bits per heavy atom. The average Bonchev–Trinajstić information content (AvgIpc) is 3.05. The van der Waals surface area contributed by atoms with Gasteiger partial charge in [0.2, 0.25) is 5.91 Å². The zero-order valence-corrected chi connectivity index (χ0v) is 20.4. The van der Waals surface area contributed by atoms with Crippen molar-refractivity contribution in [3.8, 4) is 11.3 Å². The average molecular weight is 473 g/mol. The number of hydrogen-bond acceptors (Lipinski definition) is 5. The number of anilines is 1. The maximum atomic E-state index is 12.9. The standard InChI is InChI=1S/C24H33ClN6O2/c1-4-12-31(24(33)26-18(2)3)17-23(32)30-14-7-13-29(15-16-30)22-11-10-21(27-28-22)19-8-5-6-9-20(19)25/h5-6,8-11,18H,4,7,12-17H2,1-3H3,(H,26,33). The third-order valence-electron chi connectivity index (χ3n) is 5.49. The highest BCUT2D eigenvalue weighted by Gasteiger charge is 2.24. The summed E-state index contributed by atoms with van der Waals surface area (Å²) in [6.07, 6.45) is 1.63. The molecular weight excluding hydrogens is 440 g/mol. The van der Waals surface area contributed by atoms with E-state index in [9.17, 15) is 9.59 Å². The molecule has 0 spiro atoms. The molecule has 1 aromatic heterocycles. The lowest BCUT2D eigenvalue weighted by atomic mass is 10.1. The van der Waals surface area contributed by atoms with E-state index in [4.69, 9.17) is 11.6 Å². The third-order valence-corrected chi connectivity index (χ3v) is 5.82. The molecule has 3 rings (SSSR count). The van der Waals surface area contributed by atoms with E-state index in [0.717, 1.165) is 36.5 Å². The molecule has 2 heterocycles. The fraction of sp³-hybridized carbons (Fsp3) is 0.500. The van der Waals surface area contributed by atoms with Crippen LogP contribution in [0.5, 0.6) is 0 Å². The number of nitrogens with one attached hydrogen (secondary N) is 1. The van der Waals surface area contributed by atoms with Crippen LogP contribution in [-0.4, -0.2) is 77.2 Å². The fourth-order valence-corrected chi connectivity index (χ4v) is 4.06. The molecule has 8 nitrogen and oxygen atoms in total. The molecule has 0 bridgehead atoms. The van der Waals surface area contributed by atoms with Crippen LogP contribution >= 0.6 is 11.6 Å². The molecule has 0 atom stereocenters. The minimum absolute atomic E-state index is 0.0237. The molecule has 1 aliphatic rings. The lowest BCUT2D eigenvalue weighted by Gasteiger charge is -2.27. The van der Waals surface area contributed by atoms with Crippen LogP contribution in [0.1, 0.15) is 33.6 Å². The van der Waals surface area contributed by atoms with Crippen molar-refractivity contribution < 1.29 is 9.59 Å². The van der Waals surface area contributed by atoms with Crippen LogP contribution < -0.4 is 10.2 Å². The van der Waals surface area contributed by atoms with Gasteiger partial charge in [-0.15, -0.1) is 10.2 Å². The smallest absolute Gasteiger partial charge is 0.318 e. The summed E-state index contributed by atoms with van der Waals surface area (Å²) in [6, 6.07) is 11.3. The fourth-order valence-electron chi connectivity index (χ4n) is 3.83. The van der Waals surface area contributed by atoms with Crippen molar-refractivity contribution in [1.82, 2.24) is 25.3 Å². The van der Waals surface area contributed by atoms with E-state index in [0.29, 0.717) is 31.2 Å². The molecule has 1 aromatic carbocycles. The van der Waals surface area contributed by atoms with Crippen LogP contribution in [0, 0.1) is 0 Å². The second kappa shape index (κ2) is 11.8. The Morgan fingerprint density at radius 2 is 1.88 bits per heavy atom. The largest absolute Gasteiger partial charge is 0.353 e. The van der Waals surface area contributed by atoms with Crippen molar-refractivity contribution in [2.24, 2.45) is 0 Å². The van der Waals surface area contributed by atoms with Crippen LogP contribution in [0.3, 0.4) is 0 Å². The van der Waals surface area contributed by atoms with Gasteiger partial charge in [-0.1, -0.05) is 36.7 Å². The molecule has 0 unspecified atom stereocenters. The van der Waals surface area contributed by atoms with Gasteiger partial charge in [0.15, 0.2) is 5.82 Å². The van der Waals surface area contributed by atoms with E-state index >= 15 is 0 Å². The number of carbonyl (C=O) groups excluding carboxylic acids is 2. The number of amides is 3. The minimum atomic E-state index is -0.189. The summed E-state index contributed by atoms with van der Waals surface area (Å²) < 4.78 is 0. The van der Waals surface area contributed by atoms with E-state index in [-0.39, 0.29) is 24.5 Å². The van der Waals surface area contributed by atoms with Gasteiger partial charge in [-0.2, -0.15) is 0 Å². The van der Waals surface area contributed by atoms with Gasteiger partial charge >= 0.3 is 6.03 Å². The van der Waals surface area contributed by atoms with Gasteiger partial charge in [0, 0.05) is 44.3 Å². The first-order chi connectivity index (χ1) is 15.9. The highest BCUT2D eigenvalue weighted by Crippen LogP contribution is 2.26. The number of carbonyl (C=O) groups is 2.